The van der Waals surface area contributed by atoms with E-state index < -0.39 is 15.6 Å². The Balaban J connectivity index is 2.36. The molecule has 6 heteroatoms. The first kappa shape index (κ1) is 15.3. The van der Waals surface area contributed by atoms with E-state index in [9.17, 15) is 8.42 Å². The summed E-state index contributed by atoms with van der Waals surface area (Å²) >= 11 is 0. The fourth-order valence-electron chi connectivity index (χ4n) is 2.35. The van der Waals surface area contributed by atoms with Crippen molar-refractivity contribution in [3.8, 4) is 0 Å². The molecule has 0 aliphatic carbocycles. The largest absolute Gasteiger partial charge is 0.324 e. The zero-order valence-electron chi connectivity index (χ0n) is 12.0. The highest BCUT2D eigenvalue weighted by Crippen LogP contribution is 2.24. The van der Waals surface area contributed by atoms with Crippen LogP contribution in [-0.4, -0.2) is 38.8 Å². The topological polar surface area (TPSA) is 75.4 Å². The van der Waals surface area contributed by atoms with E-state index in [0.29, 0.717) is 18.7 Å². The fraction of sp³-hybridized carbons (Fsp3) is 0.571. The van der Waals surface area contributed by atoms with Crippen molar-refractivity contribution >= 4 is 15.7 Å². The van der Waals surface area contributed by atoms with Crippen molar-refractivity contribution in [1.82, 2.24) is 5.32 Å². The van der Waals surface area contributed by atoms with Gasteiger partial charge >= 0.3 is 0 Å². The zero-order valence-corrected chi connectivity index (χ0v) is 12.9. The predicted octanol–water partition coefficient (Wildman–Crippen LogP) is 0.922. The van der Waals surface area contributed by atoms with Gasteiger partial charge in [0.15, 0.2) is 0 Å². The molecule has 0 aromatic heterocycles. The lowest BCUT2D eigenvalue weighted by molar-refractivity contribution is 0.516. The maximum absolute atomic E-state index is 12.8. The van der Waals surface area contributed by atoms with Gasteiger partial charge in [0.1, 0.15) is 0 Å². The minimum Gasteiger partial charge on any atom is -0.324 e. The number of anilines is 1. The minimum atomic E-state index is -3.40. The third kappa shape index (κ3) is 3.50. The summed E-state index contributed by atoms with van der Waals surface area (Å²) in [5.74, 6) is 0. The maximum atomic E-state index is 12.8. The van der Waals surface area contributed by atoms with Crippen molar-refractivity contribution in [1.29, 1.82) is 0 Å². The summed E-state index contributed by atoms with van der Waals surface area (Å²) in [6.45, 7) is 5.21. The highest BCUT2D eigenvalue weighted by molar-refractivity contribution is 7.93. The Kier molecular flexibility index (Phi) is 4.36. The third-order valence-corrected chi connectivity index (χ3v) is 5.54. The molecule has 0 amide bonds. The fourth-order valence-corrected chi connectivity index (χ4v) is 4.39. The van der Waals surface area contributed by atoms with E-state index in [1.54, 1.807) is 0 Å². The molecule has 1 unspecified atom stereocenters. The van der Waals surface area contributed by atoms with E-state index in [1.165, 1.54) is 4.31 Å². The normalized spacial score (nSPS) is 20.1. The molecule has 0 spiro atoms. The van der Waals surface area contributed by atoms with Crippen LogP contribution in [0.2, 0.25) is 0 Å². The highest BCUT2D eigenvalue weighted by atomic mass is 32.2. The molecule has 1 aromatic rings. The van der Waals surface area contributed by atoms with Crippen molar-refractivity contribution in [3.05, 3.63) is 30.3 Å². The zero-order chi connectivity index (χ0) is 14.8. The summed E-state index contributed by atoms with van der Waals surface area (Å²) in [7, 11) is -3.40. The number of para-hydroxylation sites is 1. The average molecular weight is 297 g/mol. The molecule has 0 radical (unpaired) electrons. The molecule has 0 bridgehead atoms. The van der Waals surface area contributed by atoms with Gasteiger partial charge in [0.25, 0.3) is 0 Å². The Morgan fingerprint density at radius 2 is 2.00 bits per heavy atom. The lowest BCUT2D eigenvalue weighted by atomic mass is 10.1. The monoisotopic (exact) mass is 297 g/mol. The number of benzene rings is 1. The SMILES string of the molecule is CC(C)(N)CN(c1ccccc1)S(=O)(=O)C1CCNC1. The van der Waals surface area contributed by atoms with Gasteiger partial charge in [0.05, 0.1) is 17.5 Å². The summed E-state index contributed by atoms with van der Waals surface area (Å²) in [6, 6.07) is 9.18. The molecule has 1 heterocycles. The highest BCUT2D eigenvalue weighted by Gasteiger charge is 2.36. The molecule has 1 atom stereocenters. The number of rotatable bonds is 5. The van der Waals surface area contributed by atoms with Crippen LogP contribution in [0.1, 0.15) is 20.3 Å². The van der Waals surface area contributed by atoms with Crippen LogP contribution in [-0.2, 0) is 10.0 Å². The Bertz CT molecular complexity index is 531. The number of nitrogens with one attached hydrogen (secondary N) is 1. The number of sulfonamides is 1. The van der Waals surface area contributed by atoms with Gasteiger partial charge in [-0.25, -0.2) is 8.42 Å². The summed E-state index contributed by atoms with van der Waals surface area (Å²) < 4.78 is 27.1. The maximum Gasteiger partial charge on any atom is 0.239 e. The molecule has 1 fully saturated rings. The lowest BCUT2D eigenvalue weighted by Crippen LogP contribution is -2.50. The second-order valence-corrected chi connectivity index (χ2v) is 8.13. The smallest absolute Gasteiger partial charge is 0.239 e. The van der Waals surface area contributed by atoms with Gasteiger partial charge in [-0.3, -0.25) is 4.31 Å². The number of nitrogens with two attached hydrogens (primary N) is 1. The summed E-state index contributed by atoms with van der Waals surface area (Å²) in [4.78, 5) is 0. The molecule has 1 aliphatic heterocycles. The molecular formula is C14H23N3O2S. The van der Waals surface area contributed by atoms with Gasteiger partial charge in [0.2, 0.25) is 10.0 Å². The van der Waals surface area contributed by atoms with E-state index in [1.807, 2.05) is 44.2 Å². The van der Waals surface area contributed by atoms with Crippen molar-refractivity contribution in [2.75, 3.05) is 23.9 Å². The molecule has 0 saturated carbocycles. The Morgan fingerprint density at radius 3 is 2.50 bits per heavy atom. The van der Waals surface area contributed by atoms with Crippen molar-refractivity contribution in [2.45, 2.75) is 31.1 Å². The van der Waals surface area contributed by atoms with Gasteiger partial charge in [-0.1, -0.05) is 18.2 Å². The van der Waals surface area contributed by atoms with Crippen molar-refractivity contribution < 1.29 is 8.42 Å². The van der Waals surface area contributed by atoms with Crippen molar-refractivity contribution in [3.63, 3.8) is 0 Å². The van der Waals surface area contributed by atoms with Gasteiger partial charge in [-0.05, 0) is 38.9 Å². The van der Waals surface area contributed by atoms with Crippen molar-refractivity contribution in [2.24, 2.45) is 5.73 Å². The number of hydrogen-bond donors (Lipinski definition) is 2. The van der Waals surface area contributed by atoms with Crippen LogP contribution in [0, 0.1) is 0 Å². The summed E-state index contributed by atoms with van der Waals surface area (Å²) in [6.07, 6.45) is 0.649. The van der Waals surface area contributed by atoms with Crippen LogP contribution < -0.4 is 15.4 Å². The van der Waals surface area contributed by atoms with E-state index in [4.69, 9.17) is 5.73 Å². The standard InChI is InChI=1S/C14H23N3O2S/c1-14(2,15)11-17(12-6-4-3-5-7-12)20(18,19)13-8-9-16-10-13/h3-7,13,16H,8-11,15H2,1-2H3. The molecule has 3 N–H and O–H groups in total. The first-order valence-electron chi connectivity index (χ1n) is 6.87. The van der Waals surface area contributed by atoms with Gasteiger partial charge in [0, 0.05) is 12.1 Å². The van der Waals surface area contributed by atoms with E-state index in [0.717, 1.165) is 6.54 Å². The second-order valence-electron chi connectivity index (χ2n) is 5.99. The minimum absolute atomic E-state index is 0.274. The van der Waals surface area contributed by atoms with Crippen LogP contribution in [0.4, 0.5) is 5.69 Å². The number of nitrogens with zero attached hydrogens (tertiary/aromatic N) is 1. The molecule has 1 aliphatic rings. The van der Waals surface area contributed by atoms with E-state index >= 15 is 0 Å². The van der Waals surface area contributed by atoms with Crippen LogP contribution in [0.5, 0.6) is 0 Å². The molecule has 1 aromatic carbocycles. The van der Waals surface area contributed by atoms with Crippen LogP contribution in [0.15, 0.2) is 30.3 Å². The summed E-state index contributed by atoms with van der Waals surface area (Å²) in [5.41, 5.74) is 6.14. The Hall–Kier alpha value is -1.11. The summed E-state index contributed by atoms with van der Waals surface area (Å²) in [5, 5.41) is 2.74. The van der Waals surface area contributed by atoms with Crippen LogP contribution in [0.25, 0.3) is 0 Å². The van der Waals surface area contributed by atoms with Crippen LogP contribution in [0.3, 0.4) is 0 Å². The van der Waals surface area contributed by atoms with Gasteiger partial charge in [-0.15, -0.1) is 0 Å². The Labute approximate surface area is 121 Å². The molecular weight excluding hydrogens is 274 g/mol. The Morgan fingerprint density at radius 1 is 1.35 bits per heavy atom. The van der Waals surface area contributed by atoms with Gasteiger partial charge < -0.3 is 11.1 Å². The first-order chi connectivity index (χ1) is 9.31. The predicted molar refractivity (Wildman–Crippen MR) is 82.2 cm³/mol. The third-order valence-electron chi connectivity index (χ3n) is 3.34. The average Bonchev–Trinajstić information content (AvgIpc) is 2.90. The van der Waals surface area contributed by atoms with Gasteiger partial charge in [-0.2, -0.15) is 0 Å². The second kappa shape index (κ2) is 5.71. The van der Waals surface area contributed by atoms with E-state index in [2.05, 4.69) is 5.32 Å². The molecule has 20 heavy (non-hydrogen) atoms. The molecule has 2 rings (SSSR count). The first-order valence-corrected chi connectivity index (χ1v) is 8.37. The number of hydrogen-bond acceptors (Lipinski definition) is 4. The van der Waals surface area contributed by atoms with Crippen LogP contribution >= 0.6 is 0 Å². The molecule has 112 valence electrons. The van der Waals surface area contributed by atoms with E-state index in [-0.39, 0.29) is 11.8 Å². The lowest BCUT2D eigenvalue weighted by Gasteiger charge is -2.32. The molecule has 5 nitrogen and oxygen atoms in total. The quantitative estimate of drug-likeness (QED) is 0.847. The molecule has 1 saturated heterocycles.